The molecule has 0 saturated heterocycles. The summed E-state index contributed by atoms with van der Waals surface area (Å²) in [6.07, 6.45) is 2.04. The van der Waals surface area contributed by atoms with Crippen LogP contribution in [0.2, 0.25) is 0 Å². The Morgan fingerprint density at radius 1 is 1.60 bits per heavy atom. The third-order valence-corrected chi connectivity index (χ3v) is 3.24. The van der Waals surface area contributed by atoms with Gasteiger partial charge in [-0.25, -0.2) is 0 Å². The highest BCUT2D eigenvalue weighted by Gasteiger charge is 2.13. The van der Waals surface area contributed by atoms with Crippen molar-refractivity contribution in [2.45, 2.75) is 25.4 Å². The summed E-state index contributed by atoms with van der Waals surface area (Å²) in [6.45, 7) is 7.78. The third kappa shape index (κ3) is 5.08. The third-order valence-electron chi connectivity index (χ3n) is 2.37. The first kappa shape index (κ1) is 16.3. The Balaban J connectivity index is 2.71. The van der Waals surface area contributed by atoms with Crippen LogP contribution in [0.3, 0.4) is 0 Å². The normalized spacial score (nSPS) is 10.6. The van der Waals surface area contributed by atoms with E-state index in [9.17, 15) is 14.7 Å². The van der Waals surface area contributed by atoms with Gasteiger partial charge in [-0.15, -0.1) is 6.58 Å². The summed E-state index contributed by atoms with van der Waals surface area (Å²) < 4.78 is 0. The van der Waals surface area contributed by atoms with E-state index in [1.807, 2.05) is 13.8 Å². The first-order valence-corrected chi connectivity index (χ1v) is 7.25. The van der Waals surface area contributed by atoms with Crippen molar-refractivity contribution in [3.05, 3.63) is 28.6 Å². The molecule has 0 unspecified atom stereocenters. The van der Waals surface area contributed by atoms with Crippen molar-refractivity contribution >= 4 is 17.7 Å². The number of carbonyl (C=O) groups excluding carboxylic acids is 1. The number of thioether (sulfide) groups is 1. The molecule has 110 valence electrons. The minimum Gasteiger partial charge on any atom is -0.493 e. The Morgan fingerprint density at radius 2 is 2.30 bits per heavy atom. The van der Waals surface area contributed by atoms with Crippen LogP contribution in [0.5, 0.6) is 5.88 Å². The summed E-state index contributed by atoms with van der Waals surface area (Å²) in [5, 5.41) is 12.6. The van der Waals surface area contributed by atoms with Gasteiger partial charge in [0.25, 0.3) is 5.56 Å². The van der Waals surface area contributed by atoms with Gasteiger partial charge in [-0.3, -0.25) is 9.59 Å². The maximum absolute atomic E-state index is 11.8. The molecule has 0 atom stereocenters. The molecule has 1 aromatic rings. The molecule has 6 nitrogen and oxygen atoms in total. The van der Waals surface area contributed by atoms with Gasteiger partial charge in [-0.05, 0) is 12.3 Å². The number of H-pyrrole nitrogens is 1. The van der Waals surface area contributed by atoms with E-state index in [1.54, 1.807) is 6.08 Å². The molecule has 0 spiro atoms. The van der Waals surface area contributed by atoms with Gasteiger partial charge in [0, 0.05) is 6.54 Å². The maximum atomic E-state index is 11.8. The van der Waals surface area contributed by atoms with E-state index in [-0.39, 0.29) is 39.7 Å². The molecule has 1 rings (SSSR count). The Hall–Kier alpha value is -1.76. The average molecular weight is 297 g/mol. The van der Waals surface area contributed by atoms with E-state index < -0.39 is 0 Å². The second-order valence-corrected chi connectivity index (χ2v) is 5.62. The van der Waals surface area contributed by atoms with Crippen molar-refractivity contribution in [1.82, 2.24) is 15.3 Å². The lowest BCUT2D eigenvalue weighted by Crippen LogP contribution is -2.25. The zero-order valence-electron chi connectivity index (χ0n) is 11.6. The fourth-order valence-electron chi connectivity index (χ4n) is 1.50. The number of aromatic hydroxyl groups is 1. The maximum Gasteiger partial charge on any atom is 0.258 e. The number of amides is 1. The summed E-state index contributed by atoms with van der Waals surface area (Å²) >= 11 is 1.06. The van der Waals surface area contributed by atoms with Crippen LogP contribution in [-0.2, 0) is 11.2 Å². The lowest BCUT2D eigenvalue weighted by molar-refractivity contribution is -0.118. The van der Waals surface area contributed by atoms with Crippen LogP contribution in [0.4, 0.5) is 0 Å². The summed E-state index contributed by atoms with van der Waals surface area (Å²) in [5.74, 6) is -0.105. The van der Waals surface area contributed by atoms with Crippen molar-refractivity contribution < 1.29 is 9.90 Å². The van der Waals surface area contributed by atoms with Crippen molar-refractivity contribution in [2.24, 2.45) is 5.92 Å². The lowest BCUT2D eigenvalue weighted by Gasteiger charge is -2.07. The van der Waals surface area contributed by atoms with Gasteiger partial charge < -0.3 is 15.4 Å². The molecule has 1 amide bonds. The highest BCUT2D eigenvalue weighted by Crippen LogP contribution is 2.18. The predicted octanol–water partition coefficient (Wildman–Crippen LogP) is 1.07. The second kappa shape index (κ2) is 7.74. The molecule has 7 heteroatoms. The van der Waals surface area contributed by atoms with Crippen molar-refractivity contribution in [3.8, 4) is 5.88 Å². The van der Waals surface area contributed by atoms with Crippen LogP contribution in [0.15, 0.2) is 22.6 Å². The number of nitrogens with one attached hydrogen (secondary N) is 2. The molecule has 0 aliphatic heterocycles. The van der Waals surface area contributed by atoms with Crippen LogP contribution in [0, 0.1) is 5.92 Å². The molecule has 20 heavy (non-hydrogen) atoms. The lowest BCUT2D eigenvalue weighted by atomic mass is 10.1. The van der Waals surface area contributed by atoms with Gasteiger partial charge in [0.05, 0.1) is 11.3 Å². The largest absolute Gasteiger partial charge is 0.493 e. The van der Waals surface area contributed by atoms with Gasteiger partial charge in [0.2, 0.25) is 11.8 Å². The topological polar surface area (TPSA) is 95.1 Å². The molecule has 0 aliphatic rings. The number of hydrogen-bond donors (Lipinski definition) is 3. The fourth-order valence-corrected chi connectivity index (χ4v) is 2.18. The Kier molecular flexibility index (Phi) is 6.30. The number of aromatic amines is 1. The quantitative estimate of drug-likeness (QED) is 0.397. The summed E-state index contributed by atoms with van der Waals surface area (Å²) in [7, 11) is 0. The van der Waals surface area contributed by atoms with Crippen LogP contribution in [0.1, 0.15) is 19.4 Å². The van der Waals surface area contributed by atoms with Crippen LogP contribution in [-0.4, -0.2) is 33.3 Å². The standard InChI is InChI=1S/C13H19N3O3S/c1-4-5-14-10(17)7-20-13-15-11(18)9(6-8(2)3)12(19)16-13/h4,8H,1,5-7H2,2-3H3,(H,14,17)(H2,15,16,18,19). The van der Waals surface area contributed by atoms with E-state index in [1.165, 1.54) is 0 Å². The molecule has 0 fully saturated rings. The number of hydrogen-bond acceptors (Lipinski definition) is 5. The molecule has 0 aliphatic carbocycles. The molecular weight excluding hydrogens is 278 g/mol. The molecule has 3 N–H and O–H groups in total. The van der Waals surface area contributed by atoms with E-state index >= 15 is 0 Å². The Labute approximate surface area is 121 Å². The number of aromatic nitrogens is 2. The number of carbonyl (C=O) groups is 1. The first-order chi connectivity index (χ1) is 9.43. The smallest absolute Gasteiger partial charge is 0.258 e. The molecule has 0 radical (unpaired) electrons. The minimum absolute atomic E-state index is 0.111. The Bertz CT molecular complexity index is 540. The van der Waals surface area contributed by atoms with Gasteiger partial charge in [-0.1, -0.05) is 31.7 Å². The van der Waals surface area contributed by atoms with E-state index in [2.05, 4.69) is 21.9 Å². The molecule has 1 aromatic heterocycles. The highest BCUT2D eigenvalue weighted by molar-refractivity contribution is 7.99. The van der Waals surface area contributed by atoms with Gasteiger partial charge in [-0.2, -0.15) is 4.98 Å². The van der Waals surface area contributed by atoms with E-state index in [0.717, 1.165) is 11.8 Å². The first-order valence-electron chi connectivity index (χ1n) is 6.26. The molecular formula is C13H19N3O3S. The monoisotopic (exact) mass is 297 g/mol. The predicted molar refractivity (Wildman–Crippen MR) is 79.0 cm³/mol. The van der Waals surface area contributed by atoms with Crippen LogP contribution >= 0.6 is 11.8 Å². The summed E-state index contributed by atoms with van der Waals surface area (Å²) in [6, 6.07) is 0. The van der Waals surface area contributed by atoms with Crippen LogP contribution in [0.25, 0.3) is 0 Å². The SMILES string of the molecule is C=CCNC(=O)CSc1nc(O)c(CC(C)C)c(=O)[nH]1. The zero-order valence-corrected chi connectivity index (χ0v) is 12.4. The summed E-state index contributed by atoms with van der Waals surface area (Å²) in [5.41, 5.74) is -0.0827. The molecule has 0 bridgehead atoms. The van der Waals surface area contributed by atoms with Crippen molar-refractivity contribution in [2.75, 3.05) is 12.3 Å². The Morgan fingerprint density at radius 3 is 2.85 bits per heavy atom. The van der Waals surface area contributed by atoms with Gasteiger partial charge in [0.15, 0.2) is 5.16 Å². The number of nitrogens with zero attached hydrogens (tertiary/aromatic N) is 1. The highest BCUT2D eigenvalue weighted by atomic mass is 32.2. The minimum atomic E-state index is -0.361. The van der Waals surface area contributed by atoms with Crippen molar-refractivity contribution in [3.63, 3.8) is 0 Å². The summed E-state index contributed by atoms with van der Waals surface area (Å²) in [4.78, 5) is 29.7. The van der Waals surface area contributed by atoms with Crippen LogP contribution < -0.4 is 10.9 Å². The average Bonchev–Trinajstić information content (AvgIpc) is 2.38. The number of rotatable bonds is 7. The molecule has 0 aromatic carbocycles. The van der Waals surface area contributed by atoms with E-state index in [4.69, 9.17) is 0 Å². The molecule has 1 heterocycles. The fraction of sp³-hybridized carbons (Fsp3) is 0.462. The van der Waals surface area contributed by atoms with E-state index in [0.29, 0.717) is 13.0 Å². The molecule has 0 saturated carbocycles. The van der Waals surface area contributed by atoms with Gasteiger partial charge >= 0.3 is 0 Å². The van der Waals surface area contributed by atoms with Gasteiger partial charge in [0.1, 0.15) is 0 Å². The zero-order chi connectivity index (χ0) is 15.1. The second-order valence-electron chi connectivity index (χ2n) is 4.65. The van der Waals surface area contributed by atoms with Crippen molar-refractivity contribution in [1.29, 1.82) is 0 Å².